The second-order valence-corrected chi connectivity index (χ2v) is 7.34. The van der Waals surface area contributed by atoms with Gasteiger partial charge in [0.25, 0.3) is 15.4 Å². The molecule has 0 aliphatic heterocycles. The Morgan fingerprint density at radius 1 is 1.36 bits per heavy atom. The Morgan fingerprint density at radius 3 is 2.44 bits per heavy atom. The molecule has 0 amide bonds. The van der Waals surface area contributed by atoms with Gasteiger partial charge in [-0.05, 0) is 42.1 Å². The lowest BCUT2D eigenvalue weighted by Gasteiger charge is -2.29. The third kappa shape index (κ3) is 4.13. The van der Waals surface area contributed by atoms with Crippen LogP contribution in [0.5, 0.6) is 0 Å². The summed E-state index contributed by atoms with van der Waals surface area (Å²) in [5.74, 6) is -5.27. The molecule has 0 radical (unpaired) electrons. The number of halogens is 4. The summed E-state index contributed by atoms with van der Waals surface area (Å²) < 4.78 is 71.2. The minimum Gasteiger partial charge on any atom is -0.282 e. The Morgan fingerprint density at radius 2 is 2.00 bits per heavy atom. The first-order valence-electron chi connectivity index (χ1n) is 7.23. The molecular weight excluding hydrogens is 381 g/mol. The van der Waals surface area contributed by atoms with E-state index in [9.17, 15) is 26.4 Å². The first-order chi connectivity index (χ1) is 11.5. The van der Waals surface area contributed by atoms with Crippen LogP contribution in [0, 0.1) is 0 Å². The fourth-order valence-corrected chi connectivity index (χ4v) is 3.41. The van der Waals surface area contributed by atoms with Crippen LogP contribution < -0.4 is 0 Å². The maximum atomic E-state index is 13.6. The van der Waals surface area contributed by atoms with Crippen molar-refractivity contribution in [2.75, 3.05) is 0 Å². The second kappa shape index (κ2) is 6.93. The summed E-state index contributed by atoms with van der Waals surface area (Å²) in [5.41, 5.74) is -0.0275. The summed E-state index contributed by atoms with van der Waals surface area (Å²) in [6.07, 6.45) is -0.705. The van der Waals surface area contributed by atoms with Crippen LogP contribution in [0.1, 0.15) is 25.3 Å². The summed E-state index contributed by atoms with van der Waals surface area (Å²) in [7, 11) is -4.42. The lowest BCUT2D eigenvalue weighted by Crippen LogP contribution is -2.31. The third-order valence-corrected chi connectivity index (χ3v) is 4.92. The van der Waals surface area contributed by atoms with Gasteiger partial charge in [0.1, 0.15) is 0 Å². The van der Waals surface area contributed by atoms with Crippen LogP contribution in [-0.4, -0.2) is 24.1 Å². The molecular formula is C16H14ClF3O4S. The Hall–Kier alpha value is -1.64. The van der Waals surface area contributed by atoms with E-state index in [1.165, 1.54) is 24.3 Å². The van der Waals surface area contributed by atoms with Crippen LogP contribution in [0.25, 0.3) is 0 Å². The van der Waals surface area contributed by atoms with E-state index in [1.54, 1.807) is 6.92 Å². The molecule has 25 heavy (non-hydrogen) atoms. The molecule has 0 spiro atoms. The van der Waals surface area contributed by atoms with Gasteiger partial charge in [-0.15, -0.1) is 0 Å². The number of hydrogen-bond acceptors (Lipinski definition) is 3. The minimum atomic E-state index is -4.42. The van der Waals surface area contributed by atoms with Gasteiger partial charge in [0.2, 0.25) is 0 Å². The van der Waals surface area contributed by atoms with Crippen LogP contribution in [0.4, 0.5) is 13.2 Å². The largest absolute Gasteiger partial charge is 0.303 e. The fourth-order valence-electron chi connectivity index (χ4n) is 2.61. The second-order valence-electron chi connectivity index (χ2n) is 5.58. The van der Waals surface area contributed by atoms with Gasteiger partial charge in [-0.25, -0.2) is 4.39 Å². The minimum absolute atomic E-state index is 0.00396. The van der Waals surface area contributed by atoms with Gasteiger partial charge in [0.15, 0.2) is 5.83 Å². The van der Waals surface area contributed by atoms with Crippen molar-refractivity contribution in [2.24, 2.45) is 0 Å². The Labute approximate surface area is 147 Å². The molecule has 0 heterocycles. The average molecular weight is 395 g/mol. The molecule has 0 saturated heterocycles. The number of hydrogen-bond donors (Lipinski definition) is 1. The Kier molecular flexibility index (Phi) is 5.46. The third-order valence-electron chi connectivity index (χ3n) is 3.88. The van der Waals surface area contributed by atoms with E-state index in [-0.39, 0.29) is 23.3 Å². The standard InChI is InChI=1S/C16H14ClF3O4S/c1-2-10(6-9-4-3-5-11(7-9)25(22,23)24)13(15(17)21)12-8-16(19,20)14(12)18/h3-5,7H,2,6,8H2,1H3,(H,22,23,24). The van der Waals surface area contributed by atoms with Crippen LogP contribution in [0.2, 0.25) is 0 Å². The SMILES string of the molecule is CCC(Cc1cccc(S(=O)(=O)O)c1)=C(C(=O)Cl)C1=C(F)C(F)(F)C1. The molecule has 136 valence electrons. The quantitative estimate of drug-likeness (QED) is 0.445. The van der Waals surface area contributed by atoms with Gasteiger partial charge in [0.05, 0.1) is 4.90 Å². The van der Waals surface area contributed by atoms with E-state index in [1.807, 2.05) is 0 Å². The maximum Gasteiger partial charge on any atom is 0.303 e. The van der Waals surface area contributed by atoms with Crippen molar-refractivity contribution in [2.45, 2.75) is 37.0 Å². The average Bonchev–Trinajstić information content (AvgIpc) is 2.52. The van der Waals surface area contributed by atoms with Gasteiger partial charge in [0, 0.05) is 17.6 Å². The highest BCUT2D eigenvalue weighted by atomic mass is 35.5. The number of carbonyl (C=O) groups is 1. The Balaban J connectivity index is 2.49. The van der Waals surface area contributed by atoms with Crippen LogP contribution in [-0.2, 0) is 21.3 Å². The van der Waals surface area contributed by atoms with Crippen LogP contribution in [0.3, 0.4) is 0 Å². The van der Waals surface area contributed by atoms with E-state index in [2.05, 4.69) is 0 Å². The van der Waals surface area contributed by atoms with Gasteiger partial charge in [-0.2, -0.15) is 17.2 Å². The molecule has 4 nitrogen and oxygen atoms in total. The number of rotatable bonds is 6. The maximum absolute atomic E-state index is 13.6. The predicted octanol–water partition coefficient (Wildman–Crippen LogP) is 4.21. The number of allylic oxidation sites excluding steroid dienone is 4. The number of carbonyl (C=O) groups excluding carboxylic acids is 1. The molecule has 0 fully saturated rings. The molecule has 1 aliphatic rings. The zero-order chi connectivity index (χ0) is 19.0. The molecule has 2 rings (SSSR count). The topological polar surface area (TPSA) is 71.4 Å². The molecule has 1 aromatic carbocycles. The molecule has 0 unspecified atom stereocenters. The van der Waals surface area contributed by atoms with E-state index >= 15 is 0 Å². The summed E-state index contributed by atoms with van der Waals surface area (Å²) >= 11 is 5.47. The van der Waals surface area contributed by atoms with Gasteiger partial charge in [-0.1, -0.05) is 24.6 Å². The smallest absolute Gasteiger partial charge is 0.282 e. The lowest BCUT2D eigenvalue weighted by molar-refractivity contribution is -0.108. The molecule has 0 bridgehead atoms. The Bertz CT molecular complexity index is 888. The molecule has 1 N–H and O–H groups in total. The summed E-state index contributed by atoms with van der Waals surface area (Å²) in [4.78, 5) is 11.3. The highest BCUT2D eigenvalue weighted by Crippen LogP contribution is 2.48. The first kappa shape index (κ1) is 19.7. The van der Waals surface area contributed by atoms with Crippen molar-refractivity contribution in [3.05, 3.63) is 52.4 Å². The number of benzene rings is 1. The zero-order valence-electron chi connectivity index (χ0n) is 13.0. The monoisotopic (exact) mass is 394 g/mol. The molecule has 0 atom stereocenters. The van der Waals surface area contributed by atoms with Crippen molar-refractivity contribution in [1.29, 1.82) is 0 Å². The summed E-state index contributed by atoms with van der Waals surface area (Å²) in [6, 6.07) is 5.27. The molecule has 9 heteroatoms. The van der Waals surface area contributed by atoms with Crippen molar-refractivity contribution >= 4 is 27.0 Å². The van der Waals surface area contributed by atoms with Crippen LogP contribution in [0.15, 0.2) is 51.7 Å². The fraction of sp³-hybridized carbons (Fsp3) is 0.312. The first-order valence-corrected chi connectivity index (χ1v) is 9.04. The number of alkyl halides is 2. The van der Waals surface area contributed by atoms with Gasteiger partial charge in [-0.3, -0.25) is 9.35 Å². The predicted molar refractivity (Wildman–Crippen MR) is 85.8 cm³/mol. The van der Waals surface area contributed by atoms with E-state index in [4.69, 9.17) is 16.2 Å². The summed E-state index contributed by atoms with van der Waals surface area (Å²) in [5, 5.41) is -1.05. The van der Waals surface area contributed by atoms with Crippen LogP contribution >= 0.6 is 11.6 Å². The van der Waals surface area contributed by atoms with Gasteiger partial charge < -0.3 is 0 Å². The molecule has 1 aliphatic carbocycles. The molecule has 0 aromatic heterocycles. The molecule has 0 saturated carbocycles. The molecule has 1 aromatic rings. The van der Waals surface area contributed by atoms with Crippen molar-refractivity contribution in [3.63, 3.8) is 0 Å². The lowest BCUT2D eigenvalue weighted by atomic mass is 9.83. The normalized spacial score (nSPS) is 17.8. The van der Waals surface area contributed by atoms with Crippen molar-refractivity contribution < 1.29 is 30.9 Å². The highest BCUT2D eigenvalue weighted by Gasteiger charge is 2.49. The summed E-state index contributed by atoms with van der Waals surface area (Å²) in [6.45, 7) is 1.64. The van der Waals surface area contributed by atoms with Crippen molar-refractivity contribution in [1.82, 2.24) is 0 Å². The van der Waals surface area contributed by atoms with E-state index < -0.39 is 39.1 Å². The van der Waals surface area contributed by atoms with E-state index in [0.29, 0.717) is 11.1 Å². The zero-order valence-corrected chi connectivity index (χ0v) is 14.6. The highest BCUT2D eigenvalue weighted by molar-refractivity contribution is 7.85. The van der Waals surface area contributed by atoms with Crippen molar-refractivity contribution in [3.8, 4) is 0 Å². The van der Waals surface area contributed by atoms with Gasteiger partial charge >= 0.3 is 5.92 Å². The van der Waals surface area contributed by atoms with E-state index in [0.717, 1.165) is 0 Å².